The van der Waals surface area contributed by atoms with Gasteiger partial charge in [0.2, 0.25) is 0 Å². The lowest BCUT2D eigenvalue weighted by molar-refractivity contribution is 0.171. The number of hydrogen-bond donors (Lipinski definition) is 0. The van der Waals surface area contributed by atoms with Gasteiger partial charge < -0.3 is 0 Å². The molecule has 1 saturated carbocycles. The first-order valence-corrected chi connectivity index (χ1v) is 6.53. The van der Waals surface area contributed by atoms with Crippen LogP contribution in [0.5, 0.6) is 0 Å². The van der Waals surface area contributed by atoms with Gasteiger partial charge in [0, 0.05) is 0 Å². The maximum Gasteiger partial charge on any atom is -0.0303 e. The quantitative estimate of drug-likeness (QED) is 0.552. The monoisotopic (exact) mass is 196 g/mol. The maximum atomic E-state index is 2.50. The molecule has 0 aromatic heterocycles. The van der Waals surface area contributed by atoms with Crippen LogP contribution in [-0.2, 0) is 0 Å². The summed E-state index contributed by atoms with van der Waals surface area (Å²) in [7, 11) is 0. The Hall–Kier alpha value is 0. The van der Waals surface area contributed by atoms with E-state index in [2.05, 4.69) is 34.6 Å². The molecule has 0 N–H and O–H groups in total. The van der Waals surface area contributed by atoms with E-state index in [-0.39, 0.29) is 0 Å². The summed E-state index contributed by atoms with van der Waals surface area (Å²) in [5.74, 6) is 2.85. The molecule has 0 bridgehead atoms. The third-order valence-corrected chi connectivity index (χ3v) is 5.14. The Balaban J connectivity index is 2.71. The van der Waals surface area contributed by atoms with Gasteiger partial charge in [-0.25, -0.2) is 0 Å². The summed E-state index contributed by atoms with van der Waals surface area (Å²) in [4.78, 5) is 0. The largest absolute Gasteiger partial charge is 0.0651 e. The molecule has 0 saturated heterocycles. The van der Waals surface area contributed by atoms with Crippen LogP contribution < -0.4 is 0 Å². The topological polar surface area (TPSA) is 0 Å². The fourth-order valence-electron chi connectivity index (χ4n) is 3.21. The molecule has 1 rings (SSSR count). The Labute approximate surface area is 90.5 Å². The molecule has 4 unspecified atom stereocenters. The summed E-state index contributed by atoms with van der Waals surface area (Å²) in [6.07, 6.45) is 7.10. The van der Waals surface area contributed by atoms with Gasteiger partial charge in [0.15, 0.2) is 0 Å². The zero-order chi connectivity index (χ0) is 10.8. The van der Waals surface area contributed by atoms with Crippen molar-refractivity contribution in [1.82, 2.24) is 0 Å². The van der Waals surface area contributed by atoms with E-state index in [1.165, 1.54) is 32.1 Å². The van der Waals surface area contributed by atoms with Crippen molar-refractivity contribution in [3.8, 4) is 0 Å². The zero-order valence-electron chi connectivity index (χ0n) is 10.8. The van der Waals surface area contributed by atoms with Crippen LogP contribution in [0, 0.1) is 23.2 Å². The van der Waals surface area contributed by atoms with Gasteiger partial charge in [-0.3, -0.25) is 0 Å². The van der Waals surface area contributed by atoms with Crippen molar-refractivity contribution >= 4 is 0 Å². The third kappa shape index (κ3) is 2.32. The van der Waals surface area contributed by atoms with Crippen LogP contribution in [-0.4, -0.2) is 0 Å². The van der Waals surface area contributed by atoms with Crippen LogP contribution in [0.3, 0.4) is 0 Å². The first-order chi connectivity index (χ1) is 6.53. The second-order valence-electron chi connectivity index (χ2n) is 5.83. The maximum absolute atomic E-state index is 2.50. The fraction of sp³-hybridized carbons (Fsp3) is 1.00. The van der Waals surface area contributed by atoms with Crippen LogP contribution in [0.25, 0.3) is 0 Å². The summed E-state index contributed by atoms with van der Waals surface area (Å²) in [5.41, 5.74) is 0.623. The first-order valence-electron chi connectivity index (χ1n) is 6.53. The van der Waals surface area contributed by atoms with Crippen molar-refractivity contribution in [2.24, 2.45) is 23.2 Å². The average molecular weight is 196 g/mol. The molecule has 0 aromatic rings. The molecule has 0 aliphatic heterocycles. The molecule has 0 radical (unpaired) electrons. The Kier molecular flexibility index (Phi) is 4.04. The van der Waals surface area contributed by atoms with Gasteiger partial charge in [-0.2, -0.15) is 0 Å². The third-order valence-electron chi connectivity index (χ3n) is 5.14. The molecule has 0 amide bonds. The van der Waals surface area contributed by atoms with Crippen LogP contribution in [0.4, 0.5) is 0 Å². The molecule has 0 heteroatoms. The molecule has 4 atom stereocenters. The smallest absolute Gasteiger partial charge is 0.0303 e. The lowest BCUT2D eigenvalue weighted by atomic mass is 9.72. The highest BCUT2D eigenvalue weighted by molar-refractivity contribution is 4.85. The van der Waals surface area contributed by atoms with Gasteiger partial charge >= 0.3 is 0 Å². The summed E-state index contributed by atoms with van der Waals surface area (Å²) < 4.78 is 0. The van der Waals surface area contributed by atoms with Gasteiger partial charge in [-0.1, -0.05) is 47.5 Å². The van der Waals surface area contributed by atoms with Gasteiger partial charge in [0.25, 0.3) is 0 Å². The molecule has 1 aliphatic rings. The summed E-state index contributed by atoms with van der Waals surface area (Å²) >= 11 is 0. The minimum Gasteiger partial charge on any atom is -0.0651 e. The van der Waals surface area contributed by atoms with Crippen molar-refractivity contribution < 1.29 is 0 Å². The molecule has 0 nitrogen and oxygen atoms in total. The number of rotatable bonds is 2. The molecular formula is C14H28. The van der Waals surface area contributed by atoms with Crippen molar-refractivity contribution in [2.45, 2.75) is 66.7 Å². The van der Waals surface area contributed by atoms with E-state index in [9.17, 15) is 0 Å². The number of hydrogen-bond acceptors (Lipinski definition) is 0. The highest BCUT2D eigenvalue weighted by Gasteiger charge is 2.35. The molecule has 1 fully saturated rings. The molecular weight excluding hydrogens is 168 g/mol. The lowest BCUT2D eigenvalue weighted by Gasteiger charge is -2.33. The molecule has 0 heterocycles. The Morgan fingerprint density at radius 3 is 2.36 bits per heavy atom. The zero-order valence-corrected chi connectivity index (χ0v) is 10.8. The lowest BCUT2D eigenvalue weighted by Crippen LogP contribution is -2.23. The predicted octanol–water partition coefficient (Wildman–Crippen LogP) is 4.89. The summed E-state index contributed by atoms with van der Waals surface area (Å²) in [6.45, 7) is 12.2. The van der Waals surface area contributed by atoms with E-state index in [0.717, 1.165) is 17.8 Å². The fourth-order valence-corrected chi connectivity index (χ4v) is 3.21. The van der Waals surface area contributed by atoms with Crippen LogP contribution >= 0.6 is 0 Å². The minimum atomic E-state index is 0.623. The van der Waals surface area contributed by atoms with Crippen LogP contribution in [0.1, 0.15) is 66.7 Å². The highest BCUT2D eigenvalue weighted by atomic mass is 14.4. The molecule has 14 heavy (non-hydrogen) atoms. The van der Waals surface area contributed by atoms with E-state index in [1.54, 1.807) is 0 Å². The van der Waals surface area contributed by atoms with Crippen LogP contribution in [0.15, 0.2) is 0 Å². The Bertz CT molecular complexity index is 173. The highest BCUT2D eigenvalue weighted by Crippen LogP contribution is 2.46. The van der Waals surface area contributed by atoms with E-state index >= 15 is 0 Å². The molecule has 0 spiro atoms. The minimum absolute atomic E-state index is 0.623. The molecule has 1 aliphatic carbocycles. The van der Waals surface area contributed by atoms with E-state index in [4.69, 9.17) is 0 Å². The standard InChI is InChI=1S/C14H28/c1-6-13-8-9-14(5,7-2)12(4)10-11(13)3/h11-13H,6-10H2,1-5H3. The summed E-state index contributed by atoms with van der Waals surface area (Å²) in [6, 6.07) is 0. The Morgan fingerprint density at radius 1 is 1.21 bits per heavy atom. The molecule has 0 aromatic carbocycles. The normalized spacial score (nSPS) is 44.8. The second kappa shape index (κ2) is 4.68. The van der Waals surface area contributed by atoms with Gasteiger partial charge in [0.05, 0.1) is 0 Å². The predicted molar refractivity (Wildman–Crippen MR) is 64.4 cm³/mol. The second-order valence-corrected chi connectivity index (χ2v) is 5.83. The molecule has 84 valence electrons. The van der Waals surface area contributed by atoms with E-state index < -0.39 is 0 Å². The SMILES string of the molecule is CCC1CCC(C)(CC)C(C)CC1C. The van der Waals surface area contributed by atoms with Gasteiger partial charge in [-0.05, 0) is 42.4 Å². The van der Waals surface area contributed by atoms with E-state index in [0.29, 0.717) is 5.41 Å². The Morgan fingerprint density at radius 2 is 1.86 bits per heavy atom. The van der Waals surface area contributed by atoms with Gasteiger partial charge in [0.1, 0.15) is 0 Å². The van der Waals surface area contributed by atoms with Crippen molar-refractivity contribution in [1.29, 1.82) is 0 Å². The van der Waals surface area contributed by atoms with Crippen molar-refractivity contribution in [3.63, 3.8) is 0 Å². The van der Waals surface area contributed by atoms with Crippen molar-refractivity contribution in [3.05, 3.63) is 0 Å². The van der Waals surface area contributed by atoms with Crippen LogP contribution in [0.2, 0.25) is 0 Å². The average Bonchev–Trinajstić information content (AvgIpc) is 2.27. The summed E-state index contributed by atoms with van der Waals surface area (Å²) in [5, 5.41) is 0. The van der Waals surface area contributed by atoms with E-state index in [1.807, 2.05) is 0 Å². The first kappa shape index (κ1) is 12.1. The van der Waals surface area contributed by atoms with Gasteiger partial charge in [-0.15, -0.1) is 0 Å². The van der Waals surface area contributed by atoms with Crippen molar-refractivity contribution in [2.75, 3.05) is 0 Å².